The van der Waals surface area contributed by atoms with Crippen LogP contribution in [0.2, 0.25) is 0 Å². The molecule has 21 heavy (non-hydrogen) atoms. The normalized spacial score (nSPS) is 15.7. The number of aryl methyl sites for hydroxylation is 1. The van der Waals surface area contributed by atoms with E-state index in [1.54, 1.807) is 23.9 Å². The maximum atomic E-state index is 12.3. The number of likely N-dealkylation sites (tertiary alicyclic amines) is 1. The van der Waals surface area contributed by atoms with Crippen molar-refractivity contribution in [3.05, 3.63) is 29.8 Å². The van der Waals surface area contributed by atoms with E-state index in [0.29, 0.717) is 13.1 Å². The van der Waals surface area contributed by atoms with E-state index >= 15 is 0 Å². The predicted molar refractivity (Wildman–Crippen MR) is 83.2 cm³/mol. The van der Waals surface area contributed by atoms with Gasteiger partial charge >= 0.3 is 6.03 Å². The molecule has 5 heteroatoms. The molecule has 0 radical (unpaired) electrons. The van der Waals surface area contributed by atoms with Gasteiger partial charge in [0.05, 0.1) is 0 Å². The van der Waals surface area contributed by atoms with Crippen LogP contribution in [-0.2, 0) is 4.79 Å². The molecule has 1 saturated heterocycles. The molecule has 1 aliphatic heterocycles. The van der Waals surface area contributed by atoms with E-state index in [1.165, 1.54) is 0 Å². The van der Waals surface area contributed by atoms with Crippen LogP contribution in [0.25, 0.3) is 0 Å². The van der Waals surface area contributed by atoms with Crippen LogP contribution in [0.15, 0.2) is 24.3 Å². The van der Waals surface area contributed by atoms with Gasteiger partial charge in [0.15, 0.2) is 0 Å². The van der Waals surface area contributed by atoms with Gasteiger partial charge in [0.2, 0.25) is 5.91 Å². The number of piperidine rings is 1. The molecule has 0 unspecified atom stereocenters. The number of anilines is 1. The smallest absolute Gasteiger partial charge is 0.319 e. The van der Waals surface area contributed by atoms with Gasteiger partial charge in [0.25, 0.3) is 0 Å². The van der Waals surface area contributed by atoms with E-state index in [1.807, 2.05) is 31.2 Å². The van der Waals surface area contributed by atoms with Crippen molar-refractivity contribution in [3.63, 3.8) is 0 Å². The Kier molecular flexibility index (Phi) is 4.83. The first-order chi connectivity index (χ1) is 9.97. The molecule has 1 fully saturated rings. The Bertz CT molecular complexity index is 520. The number of carbonyl (C=O) groups is 2. The second-order valence-electron chi connectivity index (χ2n) is 5.80. The van der Waals surface area contributed by atoms with Gasteiger partial charge < -0.3 is 15.1 Å². The molecule has 1 aliphatic rings. The minimum absolute atomic E-state index is 0.0169. The summed E-state index contributed by atoms with van der Waals surface area (Å²) in [5, 5.41) is 2.97. The van der Waals surface area contributed by atoms with Gasteiger partial charge in [-0.25, -0.2) is 4.79 Å². The minimum Gasteiger partial charge on any atom is -0.331 e. The number of hydrogen-bond acceptors (Lipinski definition) is 2. The third-order valence-electron chi connectivity index (χ3n) is 3.80. The van der Waals surface area contributed by atoms with Crippen LogP contribution in [0.4, 0.5) is 10.5 Å². The zero-order chi connectivity index (χ0) is 15.4. The fraction of sp³-hybridized carbons (Fsp3) is 0.500. The Hall–Kier alpha value is -2.04. The van der Waals surface area contributed by atoms with Gasteiger partial charge in [-0.05, 0) is 37.5 Å². The highest BCUT2D eigenvalue weighted by atomic mass is 16.2. The van der Waals surface area contributed by atoms with E-state index in [2.05, 4.69) is 5.32 Å². The Morgan fingerprint density at radius 1 is 1.24 bits per heavy atom. The third-order valence-corrected chi connectivity index (χ3v) is 3.80. The molecule has 0 atom stereocenters. The molecule has 1 N–H and O–H groups in total. The molecule has 3 amide bonds. The summed E-state index contributed by atoms with van der Waals surface area (Å²) in [5.74, 6) is 0.0364. The number of hydrogen-bond donors (Lipinski definition) is 1. The highest BCUT2D eigenvalue weighted by Crippen LogP contribution is 2.20. The molecular weight excluding hydrogens is 266 g/mol. The molecule has 1 aromatic rings. The standard InChI is InChI=1S/C16H23N3O2/c1-12-5-4-6-14(11-12)17-15(20)13-7-9-19(10-8-13)16(21)18(2)3/h4-6,11,13H,7-10H2,1-3H3,(H,17,20). The van der Waals surface area contributed by atoms with Crippen molar-refractivity contribution in [1.29, 1.82) is 0 Å². The van der Waals surface area contributed by atoms with Gasteiger partial charge in [-0.2, -0.15) is 0 Å². The van der Waals surface area contributed by atoms with Crippen molar-refractivity contribution in [1.82, 2.24) is 9.80 Å². The summed E-state index contributed by atoms with van der Waals surface area (Å²) >= 11 is 0. The van der Waals surface area contributed by atoms with E-state index in [-0.39, 0.29) is 17.9 Å². The van der Waals surface area contributed by atoms with Crippen molar-refractivity contribution >= 4 is 17.6 Å². The van der Waals surface area contributed by atoms with Crippen LogP contribution >= 0.6 is 0 Å². The lowest BCUT2D eigenvalue weighted by Crippen LogP contribution is -2.45. The summed E-state index contributed by atoms with van der Waals surface area (Å²) < 4.78 is 0. The van der Waals surface area contributed by atoms with E-state index in [0.717, 1.165) is 24.1 Å². The average molecular weight is 289 g/mol. The van der Waals surface area contributed by atoms with Crippen LogP contribution in [0.5, 0.6) is 0 Å². The molecular formula is C16H23N3O2. The van der Waals surface area contributed by atoms with E-state index < -0.39 is 0 Å². The zero-order valence-electron chi connectivity index (χ0n) is 12.9. The lowest BCUT2D eigenvalue weighted by Gasteiger charge is -2.33. The number of nitrogens with one attached hydrogen (secondary N) is 1. The van der Waals surface area contributed by atoms with Gasteiger partial charge in [0, 0.05) is 38.8 Å². The van der Waals surface area contributed by atoms with Gasteiger partial charge in [-0.1, -0.05) is 12.1 Å². The first-order valence-electron chi connectivity index (χ1n) is 7.31. The molecule has 0 saturated carbocycles. The van der Waals surface area contributed by atoms with Crippen molar-refractivity contribution in [2.45, 2.75) is 19.8 Å². The topological polar surface area (TPSA) is 52.7 Å². The zero-order valence-corrected chi connectivity index (χ0v) is 12.9. The SMILES string of the molecule is Cc1cccc(NC(=O)C2CCN(C(=O)N(C)C)CC2)c1. The number of nitrogens with zero attached hydrogens (tertiary/aromatic N) is 2. The van der Waals surface area contributed by atoms with Gasteiger partial charge in [-0.3, -0.25) is 4.79 Å². The molecule has 0 aliphatic carbocycles. The van der Waals surface area contributed by atoms with Crippen LogP contribution in [0, 0.1) is 12.8 Å². The quantitative estimate of drug-likeness (QED) is 0.908. The average Bonchev–Trinajstić information content (AvgIpc) is 2.46. The fourth-order valence-electron chi connectivity index (χ4n) is 2.58. The molecule has 0 spiro atoms. The van der Waals surface area contributed by atoms with Gasteiger partial charge in [-0.15, -0.1) is 0 Å². The number of benzene rings is 1. The van der Waals surface area contributed by atoms with E-state index in [4.69, 9.17) is 0 Å². The maximum absolute atomic E-state index is 12.3. The lowest BCUT2D eigenvalue weighted by molar-refractivity contribution is -0.121. The molecule has 114 valence electrons. The molecule has 1 aromatic carbocycles. The lowest BCUT2D eigenvalue weighted by atomic mass is 9.96. The Morgan fingerprint density at radius 2 is 1.90 bits per heavy atom. The third kappa shape index (κ3) is 3.97. The number of amides is 3. The van der Waals surface area contributed by atoms with Crippen LogP contribution in [0.1, 0.15) is 18.4 Å². The summed E-state index contributed by atoms with van der Waals surface area (Å²) in [6.45, 7) is 3.28. The largest absolute Gasteiger partial charge is 0.331 e. The molecule has 5 nitrogen and oxygen atoms in total. The molecule has 2 rings (SSSR count). The minimum atomic E-state index is -0.0169. The maximum Gasteiger partial charge on any atom is 0.319 e. The fourth-order valence-corrected chi connectivity index (χ4v) is 2.58. The van der Waals surface area contributed by atoms with Gasteiger partial charge in [0.1, 0.15) is 0 Å². The van der Waals surface area contributed by atoms with E-state index in [9.17, 15) is 9.59 Å². The molecule has 0 bridgehead atoms. The summed E-state index contributed by atoms with van der Waals surface area (Å²) in [6, 6.07) is 7.82. The molecule has 0 aromatic heterocycles. The van der Waals surface area contributed by atoms with Crippen molar-refractivity contribution in [3.8, 4) is 0 Å². The summed E-state index contributed by atoms with van der Waals surface area (Å²) in [7, 11) is 3.50. The predicted octanol–water partition coefficient (Wildman–Crippen LogP) is 2.33. The van der Waals surface area contributed by atoms with Crippen LogP contribution in [0.3, 0.4) is 0 Å². The van der Waals surface area contributed by atoms with Crippen molar-refractivity contribution in [2.24, 2.45) is 5.92 Å². The first kappa shape index (κ1) is 15.4. The number of carbonyl (C=O) groups excluding carboxylic acids is 2. The second kappa shape index (κ2) is 6.61. The Labute approximate surface area is 125 Å². The highest BCUT2D eigenvalue weighted by molar-refractivity contribution is 5.92. The Balaban J connectivity index is 1.87. The summed E-state index contributed by atoms with van der Waals surface area (Å²) in [4.78, 5) is 27.5. The van der Waals surface area contributed by atoms with Crippen molar-refractivity contribution in [2.75, 3.05) is 32.5 Å². The molecule has 1 heterocycles. The van der Waals surface area contributed by atoms with Crippen LogP contribution in [-0.4, -0.2) is 48.9 Å². The van der Waals surface area contributed by atoms with Crippen molar-refractivity contribution < 1.29 is 9.59 Å². The second-order valence-corrected chi connectivity index (χ2v) is 5.80. The number of urea groups is 1. The summed E-state index contributed by atoms with van der Waals surface area (Å²) in [6.07, 6.45) is 1.44. The first-order valence-corrected chi connectivity index (χ1v) is 7.31. The van der Waals surface area contributed by atoms with Crippen LogP contribution < -0.4 is 5.32 Å². The number of rotatable bonds is 2. The summed E-state index contributed by atoms with van der Waals surface area (Å²) in [5.41, 5.74) is 1.96. The highest BCUT2D eigenvalue weighted by Gasteiger charge is 2.27. The Morgan fingerprint density at radius 3 is 2.48 bits per heavy atom. The monoisotopic (exact) mass is 289 g/mol.